The van der Waals surface area contributed by atoms with Crippen molar-refractivity contribution in [2.75, 3.05) is 19.0 Å². The van der Waals surface area contributed by atoms with Gasteiger partial charge in [-0.25, -0.2) is 4.79 Å². The van der Waals surface area contributed by atoms with Gasteiger partial charge in [-0.1, -0.05) is 42.5 Å². The van der Waals surface area contributed by atoms with Crippen LogP contribution >= 0.6 is 11.8 Å². The van der Waals surface area contributed by atoms with Crippen molar-refractivity contribution in [1.82, 2.24) is 4.57 Å². The predicted molar refractivity (Wildman–Crippen MR) is 117 cm³/mol. The van der Waals surface area contributed by atoms with E-state index in [0.717, 1.165) is 27.4 Å². The first-order chi connectivity index (χ1) is 14.6. The second kappa shape index (κ2) is 8.93. The summed E-state index contributed by atoms with van der Waals surface area (Å²) in [5.74, 6) is -0.573. The molecule has 156 valence electrons. The van der Waals surface area contributed by atoms with Gasteiger partial charge in [0.05, 0.1) is 17.9 Å². The van der Waals surface area contributed by atoms with Crippen LogP contribution in [0.5, 0.6) is 0 Å². The lowest BCUT2D eigenvalue weighted by molar-refractivity contribution is -0.149. The Balaban J connectivity index is 1.81. The Morgan fingerprint density at radius 1 is 1.20 bits per heavy atom. The SMILES string of the molecule is CCOC(=O)COC1C=CC=c2c1c1c(n2Cc2ccccc2)=CSCC1C(N)=O. The Hall–Kier alpha value is -2.77. The molecule has 7 heteroatoms. The number of allylic oxidation sites excluding steroid dienone is 1. The molecule has 1 aromatic carbocycles. The first-order valence-electron chi connectivity index (χ1n) is 9.93. The lowest BCUT2D eigenvalue weighted by Gasteiger charge is -2.21. The van der Waals surface area contributed by atoms with Gasteiger partial charge in [0.2, 0.25) is 5.91 Å². The van der Waals surface area contributed by atoms with Gasteiger partial charge >= 0.3 is 5.97 Å². The molecule has 2 unspecified atom stereocenters. The monoisotopic (exact) mass is 424 g/mol. The molecule has 6 nitrogen and oxygen atoms in total. The number of rotatable bonds is 7. The maximum absolute atomic E-state index is 12.3. The van der Waals surface area contributed by atoms with Crippen molar-refractivity contribution >= 4 is 35.1 Å². The number of hydrogen-bond acceptors (Lipinski definition) is 5. The number of amides is 1. The molecule has 2 N–H and O–H groups in total. The number of nitrogens with two attached hydrogens (primary N) is 1. The fourth-order valence-electron chi connectivity index (χ4n) is 3.98. The first-order valence-corrected chi connectivity index (χ1v) is 11.0. The van der Waals surface area contributed by atoms with Gasteiger partial charge in [-0.05, 0) is 29.5 Å². The smallest absolute Gasteiger partial charge is 0.332 e. The van der Waals surface area contributed by atoms with Gasteiger partial charge in [-0.2, -0.15) is 0 Å². The molecule has 2 heterocycles. The van der Waals surface area contributed by atoms with Crippen LogP contribution in [0.15, 0.2) is 42.5 Å². The topological polar surface area (TPSA) is 83.6 Å². The highest BCUT2D eigenvalue weighted by Gasteiger charge is 2.32. The van der Waals surface area contributed by atoms with Crippen molar-refractivity contribution in [1.29, 1.82) is 0 Å². The predicted octanol–water partition coefficient (Wildman–Crippen LogP) is 1.56. The van der Waals surface area contributed by atoms with Crippen LogP contribution in [0, 0.1) is 0 Å². The molecule has 2 aromatic rings. The third-order valence-electron chi connectivity index (χ3n) is 5.27. The van der Waals surface area contributed by atoms with Gasteiger partial charge in [0.15, 0.2) is 0 Å². The lowest BCUT2D eigenvalue weighted by Crippen LogP contribution is -2.33. The molecule has 0 fully saturated rings. The zero-order valence-electron chi connectivity index (χ0n) is 16.7. The number of primary amides is 1. The highest BCUT2D eigenvalue weighted by Crippen LogP contribution is 2.31. The Morgan fingerprint density at radius 2 is 2.00 bits per heavy atom. The maximum Gasteiger partial charge on any atom is 0.332 e. The first kappa shape index (κ1) is 20.5. The van der Waals surface area contributed by atoms with E-state index in [-0.39, 0.29) is 12.5 Å². The molecule has 4 rings (SSSR count). The van der Waals surface area contributed by atoms with Crippen molar-refractivity contribution in [3.8, 4) is 0 Å². The summed E-state index contributed by atoms with van der Waals surface area (Å²) >= 11 is 1.59. The second-order valence-corrected chi connectivity index (χ2v) is 8.07. The number of esters is 1. The Bertz CT molecular complexity index is 1100. The lowest BCUT2D eigenvalue weighted by atomic mass is 9.93. The minimum atomic E-state index is -0.446. The quantitative estimate of drug-likeness (QED) is 0.682. The van der Waals surface area contributed by atoms with Crippen LogP contribution < -0.4 is 16.4 Å². The van der Waals surface area contributed by atoms with E-state index in [0.29, 0.717) is 18.9 Å². The molecule has 1 aliphatic carbocycles. The van der Waals surface area contributed by atoms with Crippen LogP contribution in [0.25, 0.3) is 11.5 Å². The average Bonchev–Trinajstić information content (AvgIpc) is 3.07. The van der Waals surface area contributed by atoms with Gasteiger partial charge in [0, 0.05) is 23.2 Å². The zero-order valence-corrected chi connectivity index (χ0v) is 17.6. The standard InChI is InChI=1S/C23H24N2O4S/c1-2-28-20(26)12-29-19-10-6-9-17-22(19)21-16(23(24)27)13-30-14-18(21)25(17)11-15-7-4-3-5-8-15/h3-10,14,16,19H,2,11-13H2,1H3,(H2,24,27). The molecule has 0 bridgehead atoms. The number of benzene rings is 1. The van der Waals surface area contributed by atoms with Crippen molar-refractivity contribution < 1.29 is 19.1 Å². The van der Waals surface area contributed by atoms with E-state index in [2.05, 4.69) is 22.1 Å². The summed E-state index contributed by atoms with van der Waals surface area (Å²) in [6.45, 7) is 2.58. The van der Waals surface area contributed by atoms with Crippen LogP contribution in [0.2, 0.25) is 0 Å². The fraction of sp³-hybridized carbons (Fsp3) is 0.304. The number of hydrogen-bond donors (Lipinski definition) is 1. The molecule has 0 radical (unpaired) electrons. The van der Waals surface area contributed by atoms with E-state index in [4.69, 9.17) is 15.2 Å². The minimum Gasteiger partial charge on any atom is -0.464 e. The summed E-state index contributed by atoms with van der Waals surface area (Å²) in [5, 5.41) is 4.05. The number of carbonyl (C=O) groups excluding carboxylic acids is 2. The summed E-state index contributed by atoms with van der Waals surface area (Å²) in [6.07, 6.45) is 5.40. The van der Waals surface area contributed by atoms with Crippen LogP contribution in [-0.2, 0) is 25.6 Å². The van der Waals surface area contributed by atoms with Gasteiger partial charge in [0.1, 0.15) is 12.7 Å². The maximum atomic E-state index is 12.3. The molecule has 0 saturated heterocycles. The van der Waals surface area contributed by atoms with Crippen molar-refractivity contribution in [2.24, 2.45) is 5.73 Å². The molecule has 2 atom stereocenters. The second-order valence-electron chi connectivity index (χ2n) is 7.16. The summed E-state index contributed by atoms with van der Waals surface area (Å²) in [5.41, 5.74) is 8.74. The number of aromatic nitrogens is 1. The van der Waals surface area contributed by atoms with Crippen LogP contribution in [0.4, 0.5) is 0 Å². The van der Waals surface area contributed by atoms with E-state index >= 15 is 0 Å². The van der Waals surface area contributed by atoms with Gasteiger partial charge < -0.3 is 19.8 Å². The number of thioether (sulfide) groups is 1. The van der Waals surface area contributed by atoms with E-state index in [1.165, 1.54) is 0 Å². The largest absolute Gasteiger partial charge is 0.464 e. The fourth-order valence-corrected chi connectivity index (χ4v) is 5.01. The normalized spacial score (nSPS) is 19.2. The summed E-state index contributed by atoms with van der Waals surface area (Å²) in [6, 6.07) is 10.2. The molecule has 1 amide bonds. The van der Waals surface area contributed by atoms with Crippen LogP contribution in [0.1, 0.15) is 35.6 Å². The molecular weight excluding hydrogens is 400 g/mol. The minimum absolute atomic E-state index is 0.152. The molecular formula is C23H24N2O4S. The highest BCUT2D eigenvalue weighted by atomic mass is 32.2. The summed E-state index contributed by atoms with van der Waals surface area (Å²) in [7, 11) is 0. The molecule has 0 saturated carbocycles. The van der Waals surface area contributed by atoms with Gasteiger partial charge in [-0.3, -0.25) is 4.79 Å². The van der Waals surface area contributed by atoms with E-state index in [9.17, 15) is 9.59 Å². The highest BCUT2D eigenvalue weighted by molar-refractivity contribution is 8.06. The number of fused-ring (bicyclic) bond motifs is 3. The average molecular weight is 425 g/mol. The third kappa shape index (κ3) is 3.95. The molecule has 1 aromatic heterocycles. The van der Waals surface area contributed by atoms with Crippen molar-refractivity contribution in [3.63, 3.8) is 0 Å². The zero-order chi connectivity index (χ0) is 21.1. The van der Waals surface area contributed by atoms with Gasteiger partial charge in [0.25, 0.3) is 0 Å². The third-order valence-corrected chi connectivity index (χ3v) is 6.18. The van der Waals surface area contributed by atoms with E-state index in [1.807, 2.05) is 36.4 Å². The molecule has 0 spiro atoms. The van der Waals surface area contributed by atoms with Gasteiger partial charge in [-0.15, -0.1) is 11.8 Å². The van der Waals surface area contributed by atoms with Crippen LogP contribution in [-0.4, -0.2) is 35.4 Å². The number of nitrogens with zero attached hydrogens (tertiary/aromatic N) is 1. The Morgan fingerprint density at radius 3 is 2.73 bits per heavy atom. The van der Waals surface area contributed by atoms with E-state index in [1.54, 1.807) is 18.7 Å². The van der Waals surface area contributed by atoms with Crippen molar-refractivity contribution in [3.05, 3.63) is 69.9 Å². The number of carbonyl (C=O) groups is 2. The number of ether oxygens (including phenoxy) is 2. The summed E-state index contributed by atoms with van der Waals surface area (Å²) < 4.78 is 13.1. The Labute approximate surface area is 179 Å². The van der Waals surface area contributed by atoms with E-state index < -0.39 is 18.0 Å². The van der Waals surface area contributed by atoms with Crippen LogP contribution in [0.3, 0.4) is 0 Å². The Kier molecular flexibility index (Phi) is 6.11. The molecule has 30 heavy (non-hydrogen) atoms. The molecule has 1 aliphatic heterocycles. The summed E-state index contributed by atoms with van der Waals surface area (Å²) in [4.78, 5) is 24.1. The van der Waals surface area contributed by atoms with Crippen molar-refractivity contribution in [2.45, 2.75) is 25.5 Å². The molecule has 2 aliphatic rings.